The van der Waals surface area contributed by atoms with E-state index in [1.165, 1.54) is 0 Å². The van der Waals surface area contributed by atoms with Crippen molar-refractivity contribution in [1.82, 2.24) is 0 Å². The van der Waals surface area contributed by atoms with E-state index in [-0.39, 0.29) is 0 Å². The fourth-order valence-electron chi connectivity index (χ4n) is 1.10. The van der Waals surface area contributed by atoms with E-state index < -0.39 is 12.0 Å². The zero-order valence-corrected chi connectivity index (χ0v) is 8.75. The highest BCUT2D eigenvalue weighted by molar-refractivity contribution is 7.98. The molecule has 14 heavy (non-hydrogen) atoms. The first kappa shape index (κ1) is 11.1. The highest BCUT2D eigenvalue weighted by atomic mass is 32.2. The number of rotatable bonds is 4. The fraction of sp³-hybridized carbons (Fsp3) is 0.300. The van der Waals surface area contributed by atoms with Crippen LogP contribution in [0.5, 0.6) is 0 Å². The molecule has 4 heteroatoms. The summed E-state index contributed by atoms with van der Waals surface area (Å²) in [7, 11) is 0. The average Bonchev–Trinajstić information content (AvgIpc) is 2.19. The molecular weight excluding hydrogens is 198 g/mol. The Kier molecular flexibility index (Phi) is 3.98. The van der Waals surface area contributed by atoms with Gasteiger partial charge in [0.15, 0.2) is 0 Å². The summed E-state index contributed by atoms with van der Waals surface area (Å²) in [6.45, 7) is 0. The first-order valence-corrected chi connectivity index (χ1v) is 5.47. The lowest BCUT2D eigenvalue weighted by Crippen LogP contribution is -2.32. The lowest BCUT2D eigenvalue weighted by molar-refractivity contribution is -0.138. The molecule has 1 atom stereocenters. The van der Waals surface area contributed by atoms with Crippen molar-refractivity contribution in [2.45, 2.75) is 17.4 Å². The van der Waals surface area contributed by atoms with Gasteiger partial charge in [0.1, 0.15) is 6.04 Å². The molecule has 0 amide bonds. The predicted octanol–water partition coefficient (Wildman–Crippen LogP) is 1.36. The molecule has 0 fully saturated rings. The molecule has 0 saturated heterocycles. The van der Waals surface area contributed by atoms with Gasteiger partial charge in [0, 0.05) is 4.90 Å². The third kappa shape index (κ3) is 3.05. The molecule has 0 aliphatic rings. The van der Waals surface area contributed by atoms with Crippen LogP contribution in [0, 0.1) is 0 Å². The van der Waals surface area contributed by atoms with Crippen molar-refractivity contribution in [3.63, 3.8) is 0 Å². The Morgan fingerprint density at radius 2 is 2.07 bits per heavy atom. The van der Waals surface area contributed by atoms with Gasteiger partial charge in [-0.05, 0) is 30.4 Å². The number of benzene rings is 1. The molecule has 0 aliphatic heterocycles. The van der Waals surface area contributed by atoms with Gasteiger partial charge in [-0.3, -0.25) is 4.79 Å². The summed E-state index contributed by atoms with van der Waals surface area (Å²) in [4.78, 5) is 11.7. The third-order valence-electron chi connectivity index (χ3n) is 1.93. The van der Waals surface area contributed by atoms with Gasteiger partial charge in [-0.2, -0.15) is 0 Å². The van der Waals surface area contributed by atoms with E-state index in [9.17, 15) is 4.79 Å². The van der Waals surface area contributed by atoms with Crippen molar-refractivity contribution in [2.75, 3.05) is 6.26 Å². The molecule has 0 bridgehead atoms. The van der Waals surface area contributed by atoms with E-state index in [2.05, 4.69) is 0 Å². The summed E-state index contributed by atoms with van der Waals surface area (Å²) < 4.78 is 0. The standard InChI is InChI=1S/C10H13NO2S/c1-14-8-4-2-7(3-5-8)6-9(11)10(12)13/h2-5,9H,6,11H2,1H3,(H,12,13). The van der Waals surface area contributed by atoms with Gasteiger partial charge >= 0.3 is 5.97 Å². The van der Waals surface area contributed by atoms with E-state index in [0.29, 0.717) is 6.42 Å². The van der Waals surface area contributed by atoms with Crippen molar-refractivity contribution in [2.24, 2.45) is 5.73 Å². The number of hydrogen-bond acceptors (Lipinski definition) is 3. The van der Waals surface area contributed by atoms with Crippen LogP contribution in [0.3, 0.4) is 0 Å². The van der Waals surface area contributed by atoms with Crippen molar-refractivity contribution >= 4 is 17.7 Å². The molecule has 0 aromatic heterocycles. The molecule has 76 valence electrons. The number of thioether (sulfide) groups is 1. The number of nitrogens with two attached hydrogens (primary N) is 1. The summed E-state index contributed by atoms with van der Waals surface area (Å²) >= 11 is 1.66. The minimum atomic E-state index is -0.959. The van der Waals surface area contributed by atoms with Crippen LogP contribution in [-0.2, 0) is 11.2 Å². The second-order valence-electron chi connectivity index (χ2n) is 3.00. The Hall–Kier alpha value is -1.00. The van der Waals surface area contributed by atoms with E-state index >= 15 is 0 Å². The number of hydrogen-bond donors (Lipinski definition) is 2. The summed E-state index contributed by atoms with van der Waals surface area (Å²) in [5.41, 5.74) is 6.37. The van der Waals surface area contributed by atoms with Crippen LogP contribution in [0.1, 0.15) is 5.56 Å². The van der Waals surface area contributed by atoms with Crippen LogP contribution < -0.4 is 5.73 Å². The second kappa shape index (κ2) is 5.02. The SMILES string of the molecule is CSc1ccc(CC(N)C(=O)O)cc1. The third-order valence-corrected chi connectivity index (χ3v) is 2.68. The van der Waals surface area contributed by atoms with Gasteiger partial charge in [0.2, 0.25) is 0 Å². The average molecular weight is 211 g/mol. The molecule has 0 heterocycles. The Morgan fingerprint density at radius 3 is 2.50 bits per heavy atom. The van der Waals surface area contributed by atoms with Crippen LogP contribution in [0.4, 0.5) is 0 Å². The molecule has 3 N–H and O–H groups in total. The second-order valence-corrected chi connectivity index (χ2v) is 3.88. The van der Waals surface area contributed by atoms with Crippen LogP contribution in [0.15, 0.2) is 29.2 Å². The molecule has 1 aromatic rings. The van der Waals surface area contributed by atoms with E-state index in [1.54, 1.807) is 11.8 Å². The Morgan fingerprint density at radius 1 is 1.50 bits per heavy atom. The zero-order valence-electron chi connectivity index (χ0n) is 7.93. The largest absolute Gasteiger partial charge is 0.480 e. The van der Waals surface area contributed by atoms with Gasteiger partial charge in [-0.25, -0.2) is 0 Å². The summed E-state index contributed by atoms with van der Waals surface area (Å²) in [5.74, 6) is -0.959. The van der Waals surface area contributed by atoms with Crippen LogP contribution in [-0.4, -0.2) is 23.4 Å². The van der Waals surface area contributed by atoms with Crippen LogP contribution in [0.25, 0.3) is 0 Å². The first-order valence-electron chi connectivity index (χ1n) is 4.25. The molecular formula is C10H13NO2S. The van der Waals surface area contributed by atoms with Crippen LogP contribution >= 0.6 is 11.8 Å². The first-order chi connectivity index (χ1) is 6.63. The molecule has 1 rings (SSSR count). The minimum absolute atomic E-state index is 0.379. The number of aliphatic carboxylic acids is 1. The zero-order chi connectivity index (χ0) is 10.6. The highest BCUT2D eigenvalue weighted by Crippen LogP contribution is 2.15. The molecule has 0 saturated carbocycles. The van der Waals surface area contributed by atoms with Gasteiger partial charge in [0.25, 0.3) is 0 Å². The topological polar surface area (TPSA) is 63.3 Å². The quantitative estimate of drug-likeness (QED) is 0.738. The monoisotopic (exact) mass is 211 g/mol. The maximum absolute atomic E-state index is 10.5. The lowest BCUT2D eigenvalue weighted by atomic mass is 10.1. The maximum Gasteiger partial charge on any atom is 0.320 e. The van der Waals surface area contributed by atoms with Gasteiger partial charge in [-0.15, -0.1) is 11.8 Å². The number of carboxylic acids is 1. The van der Waals surface area contributed by atoms with E-state index in [0.717, 1.165) is 10.5 Å². The Labute approximate surface area is 87.3 Å². The van der Waals surface area contributed by atoms with Gasteiger partial charge < -0.3 is 10.8 Å². The van der Waals surface area contributed by atoms with Crippen molar-refractivity contribution in [1.29, 1.82) is 0 Å². The maximum atomic E-state index is 10.5. The highest BCUT2D eigenvalue weighted by Gasteiger charge is 2.11. The molecule has 0 radical (unpaired) electrons. The Bertz CT molecular complexity index is 310. The smallest absolute Gasteiger partial charge is 0.320 e. The summed E-state index contributed by atoms with van der Waals surface area (Å²) in [5, 5.41) is 8.61. The molecule has 3 nitrogen and oxygen atoms in total. The minimum Gasteiger partial charge on any atom is -0.480 e. The predicted molar refractivity (Wildman–Crippen MR) is 57.5 cm³/mol. The molecule has 1 unspecified atom stereocenters. The van der Waals surface area contributed by atoms with Crippen LogP contribution in [0.2, 0.25) is 0 Å². The van der Waals surface area contributed by atoms with Crippen molar-refractivity contribution in [3.8, 4) is 0 Å². The number of carbonyl (C=O) groups is 1. The Balaban J connectivity index is 2.64. The molecule has 0 spiro atoms. The summed E-state index contributed by atoms with van der Waals surface area (Å²) in [6.07, 6.45) is 2.38. The number of carboxylic acid groups (broad SMARTS) is 1. The molecule has 0 aliphatic carbocycles. The summed E-state index contributed by atoms with van der Waals surface area (Å²) in [6, 6.07) is 6.95. The van der Waals surface area contributed by atoms with E-state index in [4.69, 9.17) is 10.8 Å². The lowest BCUT2D eigenvalue weighted by Gasteiger charge is -2.06. The normalized spacial score (nSPS) is 12.4. The van der Waals surface area contributed by atoms with Crippen molar-refractivity contribution in [3.05, 3.63) is 29.8 Å². The van der Waals surface area contributed by atoms with Gasteiger partial charge in [-0.1, -0.05) is 12.1 Å². The molecule has 1 aromatic carbocycles. The van der Waals surface area contributed by atoms with Gasteiger partial charge in [0.05, 0.1) is 0 Å². The van der Waals surface area contributed by atoms with Crippen molar-refractivity contribution < 1.29 is 9.90 Å². The fourth-order valence-corrected chi connectivity index (χ4v) is 1.51. The van der Waals surface area contributed by atoms with E-state index in [1.807, 2.05) is 30.5 Å².